The molecule has 2 aromatic rings. The summed E-state index contributed by atoms with van der Waals surface area (Å²) in [5.74, 6) is 0.396. The van der Waals surface area contributed by atoms with Crippen LogP contribution in [0.4, 0.5) is 0 Å². The third-order valence-electron chi connectivity index (χ3n) is 7.16. The number of rotatable bonds is 4. The van der Waals surface area contributed by atoms with Crippen molar-refractivity contribution >= 4 is 22.7 Å². The third kappa shape index (κ3) is 3.85. The van der Waals surface area contributed by atoms with E-state index in [0.29, 0.717) is 12.5 Å². The lowest BCUT2D eigenvalue weighted by Crippen LogP contribution is -2.47. The van der Waals surface area contributed by atoms with Crippen molar-refractivity contribution in [2.75, 3.05) is 32.7 Å². The summed E-state index contributed by atoms with van der Waals surface area (Å²) >= 11 is 0. The minimum Gasteiger partial charge on any atom is -0.361 e. The maximum atomic E-state index is 13.1. The van der Waals surface area contributed by atoms with Crippen LogP contribution in [0.3, 0.4) is 0 Å². The summed E-state index contributed by atoms with van der Waals surface area (Å²) in [7, 11) is 0. The number of nitrogens with zero attached hydrogens (tertiary/aromatic N) is 3. The molecule has 6 nitrogen and oxygen atoms in total. The van der Waals surface area contributed by atoms with Crippen molar-refractivity contribution in [1.29, 1.82) is 0 Å². The number of aromatic nitrogens is 1. The molecule has 30 heavy (non-hydrogen) atoms. The molecule has 160 valence electrons. The van der Waals surface area contributed by atoms with E-state index in [2.05, 4.69) is 22.1 Å². The lowest BCUT2D eigenvalue weighted by atomic mass is 10.0. The van der Waals surface area contributed by atoms with E-state index in [1.807, 2.05) is 21.9 Å². The number of H-pyrrole nitrogens is 1. The number of benzene rings is 1. The average molecular weight is 409 g/mol. The molecule has 0 saturated carbocycles. The first-order valence-electron chi connectivity index (χ1n) is 11.6. The van der Waals surface area contributed by atoms with Gasteiger partial charge in [0, 0.05) is 61.3 Å². The van der Waals surface area contributed by atoms with Crippen LogP contribution in [0.5, 0.6) is 0 Å². The molecule has 0 radical (unpaired) electrons. The molecule has 0 unspecified atom stereocenters. The van der Waals surface area contributed by atoms with Gasteiger partial charge in [0.2, 0.25) is 5.91 Å². The highest BCUT2D eigenvalue weighted by atomic mass is 16.2. The quantitative estimate of drug-likeness (QED) is 0.844. The van der Waals surface area contributed by atoms with E-state index >= 15 is 0 Å². The highest BCUT2D eigenvalue weighted by molar-refractivity contribution is 5.98. The molecule has 2 amide bonds. The SMILES string of the molecule is O=C(c1ccc2c(CN3CCCCC3)c[nH]c2c1)N1CCC(N2CCCC2=O)CC1. The third-order valence-corrected chi connectivity index (χ3v) is 7.16. The predicted molar refractivity (Wildman–Crippen MR) is 117 cm³/mol. The second-order valence-corrected chi connectivity index (χ2v) is 9.13. The molecule has 1 N–H and O–H groups in total. The van der Waals surface area contributed by atoms with Gasteiger partial charge in [0.25, 0.3) is 5.91 Å². The number of likely N-dealkylation sites (tertiary alicyclic amines) is 3. The Morgan fingerprint density at radius 3 is 2.53 bits per heavy atom. The Morgan fingerprint density at radius 2 is 1.80 bits per heavy atom. The molecule has 5 rings (SSSR count). The van der Waals surface area contributed by atoms with Crippen molar-refractivity contribution in [2.45, 2.75) is 57.5 Å². The topological polar surface area (TPSA) is 59.7 Å². The fraction of sp³-hybridized carbons (Fsp3) is 0.583. The Morgan fingerprint density at radius 1 is 1.00 bits per heavy atom. The molecule has 4 heterocycles. The Kier molecular flexibility index (Phi) is 5.50. The summed E-state index contributed by atoms with van der Waals surface area (Å²) in [6, 6.07) is 6.41. The van der Waals surface area contributed by atoms with Crippen molar-refractivity contribution in [3.63, 3.8) is 0 Å². The van der Waals surface area contributed by atoms with Gasteiger partial charge in [0.05, 0.1) is 0 Å². The molecule has 3 saturated heterocycles. The maximum absolute atomic E-state index is 13.1. The predicted octanol–water partition coefficient (Wildman–Crippen LogP) is 3.38. The number of nitrogens with one attached hydrogen (secondary N) is 1. The van der Waals surface area contributed by atoms with Gasteiger partial charge in [-0.05, 0) is 62.9 Å². The lowest BCUT2D eigenvalue weighted by molar-refractivity contribution is -0.130. The van der Waals surface area contributed by atoms with Gasteiger partial charge in [-0.25, -0.2) is 0 Å². The van der Waals surface area contributed by atoms with Crippen LogP contribution in [0.15, 0.2) is 24.4 Å². The van der Waals surface area contributed by atoms with Gasteiger partial charge in [0.1, 0.15) is 0 Å². The van der Waals surface area contributed by atoms with Gasteiger partial charge in [-0.15, -0.1) is 0 Å². The van der Waals surface area contributed by atoms with Crippen LogP contribution in [0.25, 0.3) is 10.9 Å². The molecule has 0 aliphatic carbocycles. The molecule has 0 spiro atoms. The van der Waals surface area contributed by atoms with Crippen molar-refractivity contribution in [1.82, 2.24) is 19.7 Å². The number of amides is 2. The van der Waals surface area contributed by atoms with Crippen molar-refractivity contribution in [3.8, 4) is 0 Å². The molecular weight excluding hydrogens is 376 g/mol. The number of hydrogen-bond acceptors (Lipinski definition) is 3. The van der Waals surface area contributed by atoms with Crippen LogP contribution < -0.4 is 0 Å². The molecular formula is C24H32N4O2. The fourth-order valence-corrected chi connectivity index (χ4v) is 5.43. The molecule has 6 heteroatoms. The highest BCUT2D eigenvalue weighted by Gasteiger charge is 2.32. The first kappa shape index (κ1) is 19.6. The van der Waals surface area contributed by atoms with Crippen molar-refractivity contribution < 1.29 is 9.59 Å². The van der Waals surface area contributed by atoms with Crippen LogP contribution in [-0.4, -0.2) is 70.3 Å². The number of fused-ring (bicyclic) bond motifs is 1. The fourth-order valence-electron chi connectivity index (χ4n) is 5.43. The van der Waals surface area contributed by atoms with E-state index in [0.717, 1.165) is 56.5 Å². The summed E-state index contributed by atoms with van der Waals surface area (Å²) in [5, 5.41) is 1.23. The van der Waals surface area contributed by atoms with E-state index in [1.165, 1.54) is 43.3 Å². The summed E-state index contributed by atoms with van der Waals surface area (Å²) < 4.78 is 0. The maximum Gasteiger partial charge on any atom is 0.253 e. The van der Waals surface area contributed by atoms with Crippen molar-refractivity contribution in [3.05, 3.63) is 35.5 Å². The van der Waals surface area contributed by atoms with Crippen LogP contribution in [0, 0.1) is 0 Å². The minimum atomic E-state index is 0.107. The summed E-state index contributed by atoms with van der Waals surface area (Å²) in [4.78, 5) is 35.0. The normalized spacial score (nSPS) is 21.7. The summed E-state index contributed by atoms with van der Waals surface area (Å²) in [6.45, 7) is 5.70. The number of carbonyl (C=O) groups is 2. The zero-order valence-electron chi connectivity index (χ0n) is 17.7. The number of piperidine rings is 2. The van der Waals surface area contributed by atoms with Gasteiger partial charge < -0.3 is 14.8 Å². The standard InChI is InChI=1S/C24H32N4O2/c29-23-5-4-12-28(23)20-8-13-27(14-9-20)24(30)18-6-7-21-19(16-25-22(21)15-18)17-26-10-2-1-3-11-26/h6-7,15-16,20,25H,1-5,8-14,17H2. The van der Waals surface area contributed by atoms with E-state index < -0.39 is 0 Å². The highest BCUT2D eigenvalue weighted by Crippen LogP contribution is 2.26. The van der Waals surface area contributed by atoms with E-state index in [1.54, 1.807) is 0 Å². The van der Waals surface area contributed by atoms with Gasteiger partial charge in [-0.3, -0.25) is 14.5 Å². The Bertz CT molecular complexity index is 922. The Hall–Kier alpha value is -2.34. The largest absolute Gasteiger partial charge is 0.361 e. The van der Waals surface area contributed by atoms with E-state index in [4.69, 9.17) is 0 Å². The first-order valence-corrected chi connectivity index (χ1v) is 11.6. The molecule has 3 fully saturated rings. The molecule has 0 atom stereocenters. The lowest BCUT2D eigenvalue weighted by Gasteiger charge is -2.36. The van der Waals surface area contributed by atoms with Gasteiger partial charge in [-0.2, -0.15) is 0 Å². The zero-order chi connectivity index (χ0) is 20.5. The van der Waals surface area contributed by atoms with Crippen LogP contribution in [-0.2, 0) is 11.3 Å². The molecule has 0 bridgehead atoms. The zero-order valence-corrected chi connectivity index (χ0v) is 17.7. The van der Waals surface area contributed by atoms with Gasteiger partial charge in [-0.1, -0.05) is 12.5 Å². The summed E-state index contributed by atoms with van der Waals surface area (Å²) in [6.07, 6.45) is 9.49. The minimum absolute atomic E-state index is 0.107. The number of hydrogen-bond donors (Lipinski definition) is 1. The molecule has 3 aliphatic rings. The molecule has 3 aliphatic heterocycles. The second-order valence-electron chi connectivity index (χ2n) is 9.13. The van der Waals surface area contributed by atoms with Crippen molar-refractivity contribution in [2.24, 2.45) is 0 Å². The second kappa shape index (κ2) is 8.42. The van der Waals surface area contributed by atoms with E-state index in [9.17, 15) is 9.59 Å². The molecule has 1 aromatic heterocycles. The van der Waals surface area contributed by atoms with Crippen LogP contribution in [0.1, 0.15) is 60.9 Å². The molecule has 1 aromatic carbocycles. The van der Waals surface area contributed by atoms with E-state index in [-0.39, 0.29) is 11.8 Å². The smallest absolute Gasteiger partial charge is 0.253 e. The Balaban J connectivity index is 1.23. The summed E-state index contributed by atoms with van der Waals surface area (Å²) in [5.41, 5.74) is 3.12. The monoisotopic (exact) mass is 408 g/mol. The van der Waals surface area contributed by atoms with Gasteiger partial charge >= 0.3 is 0 Å². The van der Waals surface area contributed by atoms with Crippen LogP contribution >= 0.6 is 0 Å². The van der Waals surface area contributed by atoms with Gasteiger partial charge in [0.15, 0.2) is 0 Å². The first-order chi connectivity index (χ1) is 14.7. The number of aromatic amines is 1. The number of carbonyl (C=O) groups excluding carboxylic acids is 2. The Labute approximate surface area is 178 Å². The van der Waals surface area contributed by atoms with Crippen LogP contribution in [0.2, 0.25) is 0 Å². The average Bonchev–Trinajstić information content (AvgIpc) is 3.40.